The van der Waals surface area contributed by atoms with E-state index in [-0.39, 0.29) is 5.69 Å². The van der Waals surface area contributed by atoms with Gasteiger partial charge >= 0.3 is 0 Å². The first-order valence-corrected chi connectivity index (χ1v) is 6.27. The van der Waals surface area contributed by atoms with Gasteiger partial charge in [0.1, 0.15) is 17.4 Å². The fourth-order valence-electron chi connectivity index (χ4n) is 1.29. The first kappa shape index (κ1) is 12.6. The second-order valence-electron chi connectivity index (χ2n) is 3.31. The van der Waals surface area contributed by atoms with Crippen LogP contribution < -0.4 is 5.32 Å². The van der Waals surface area contributed by atoms with Crippen LogP contribution in [-0.2, 0) is 6.54 Å². The van der Waals surface area contributed by atoms with Crippen molar-refractivity contribution in [2.24, 2.45) is 0 Å². The number of anilines is 1. The summed E-state index contributed by atoms with van der Waals surface area (Å²) in [6.07, 6.45) is 0. The van der Waals surface area contributed by atoms with Crippen LogP contribution in [0.3, 0.4) is 0 Å². The van der Waals surface area contributed by atoms with Crippen LogP contribution in [0.5, 0.6) is 0 Å². The Morgan fingerprint density at radius 1 is 1.18 bits per heavy atom. The molecule has 0 radical (unpaired) electrons. The Balaban J connectivity index is 2.07. The molecule has 0 amide bonds. The molecule has 17 heavy (non-hydrogen) atoms. The van der Waals surface area contributed by atoms with Crippen LogP contribution in [0.25, 0.3) is 0 Å². The molecule has 90 valence electrons. The fraction of sp³-hybridized carbons (Fsp3) is 0.0909. The number of furan rings is 1. The maximum absolute atomic E-state index is 13.3. The zero-order valence-electron chi connectivity index (χ0n) is 8.44. The number of nitrogens with one attached hydrogen (secondary N) is 1. The maximum Gasteiger partial charge on any atom is 0.183 e. The van der Waals surface area contributed by atoms with Gasteiger partial charge in [-0.1, -0.05) is 0 Å². The number of rotatable bonds is 3. The molecule has 0 saturated carbocycles. The summed E-state index contributed by atoms with van der Waals surface area (Å²) < 4.78 is 32.6. The van der Waals surface area contributed by atoms with Crippen molar-refractivity contribution in [2.75, 3.05) is 5.32 Å². The molecule has 2 rings (SSSR count). The SMILES string of the molecule is Fc1ccc(NCc2cc(Br)c(Br)o2)c(F)c1. The van der Waals surface area contributed by atoms with Crippen molar-refractivity contribution >= 4 is 37.5 Å². The van der Waals surface area contributed by atoms with Gasteiger partial charge in [0.2, 0.25) is 0 Å². The predicted molar refractivity (Wildman–Crippen MR) is 67.8 cm³/mol. The molecule has 0 aliphatic heterocycles. The van der Waals surface area contributed by atoms with E-state index in [2.05, 4.69) is 37.2 Å². The number of hydrogen-bond donors (Lipinski definition) is 1. The minimum atomic E-state index is -0.630. The van der Waals surface area contributed by atoms with E-state index in [4.69, 9.17) is 4.42 Å². The van der Waals surface area contributed by atoms with E-state index in [1.165, 1.54) is 12.1 Å². The molecule has 0 bridgehead atoms. The van der Waals surface area contributed by atoms with Crippen molar-refractivity contribution in [1.29, 1.82) is 0 Å². The second-order valence-corrected chi connectivity index (χ2v) is 4.89. The van der Waals surface area contributed by atoms with Gasteiger partial charge in [-0.3, -0.25) is 0 Å². The lowest BCUT2D eigenvalue weighted by Crippen LogP contribution is -2.00. The molecule has 1 N–H and O–H groups in total. The van der Waals surface area contributed by atoms with Gasteiger partial charge in [-0.25, -0.2) is 8.78 Å². The van der Waals surface area contributed by atoms with Gasteiger partial charge in [-0.2, -0.15) is 0 Å². The quantitative estimate of drug-likeness (QED) is 0.852. The zero-order chi connectivity index (χ0) is 12.4. The van der Waals surface area contributed by atoms with Crippen LogP contribution in [0.2, 0.25) is 0 Å². The van der Waals surface area contributed by atoms with Crippen LogP contribution in [-0.4, -0.2) is 0 Å². The molecule has 0 aliphatic carbocycles. The van der Waals surface area contributed by atoms with E-state index in [9.17, 15) is 8.78 Å². The maximum atomic E-state index is 13.3. The average molecular weight is 367 g/mol. The summed E-state index contributed by atoms with van der Waals surface area (Å²) >= 11 is 6.48. The topological polar surface area (TPSA) is 25.2 Å². The molecule has 1 aromatic heterocycles. The summed E-state index contributed by atoms with van der Waals surface area (Å²) in [6.45, 7) is 0.312. The van der Waals surface area contributed by atoms with E-state index in [1.54, 1.807) is 6.07 Å². The molecule has 0 unspecified atom stereocenters. The molecule has 0 fully saturated rings. The van der Waals surface area contributed by atoms with Gasteiger partial charge in [0.25, 0.3) is 0 Å². The first-order chi connectivity index (χ1) is 8.06. The van der Waals surface area contributed by atoms with Gasteiger partial charge in [-0.15, -0.1) is 0 Å². The lowest BCUT2D eigenvalue weighted by Gasteiger charge is -2.05. The molecular weight excluding hydrogens is 360 g/mol. The van der Waals surface area contributed by atoms with Crippen molar-refractivity contribution in [3.63, 3.8) is 0 Å². The van der Waals surface area contributed by atoms with E-state index < -0.39 is 11.6 Å². The summed E-state index contributed by atoms with van der Waals surface area (Å²) in [4.78, 5) is 0. The van der Waals surface area contributed by atoms with Crippen LogP contribution in [0, 0.1) is 11.6 Å². The lowest BCUT2D eigenvalue weighted by molar-refractivity contribution is 0.493. The third-order valence-electron chi connectivity index (χ3n) is 2.08. The standard InChI is InChI=1S/C11H7Br2F2NO/c12-8-4-7(17-11(8)13)5-16-10-2-1-6(14)3-9(10)15/h1-4,16H,5H2. The Morgan fingerprint density at radius 2 is 1.94 bits per heavy atom. The van der Waals surface area contributed by atoms with Gasteiger partial charge in [0.15, 0.2) is 4.67 Å². The lowest BCUT2D eigenvalue weighted by atomic mass is 10.3. The summed E-state index contributed by atoms with van der Waals surface area (Å²) in [5.41, 5.74) is 0.232. The fourth-order valence-corrected chi connectivity index (χ4v) is 1.95. The van der Waals surface area contributed by atoms with Gasteiger partial charge in [0.05, 0.1) is 16.7 Å². The van der Waals surface area contributed by atoms with Crippen molar-refractivity contribution in [1.82, 2.24) is 0 Å². The first-order valence-electron chi connectivity index (χ1n) is 4.69. The highest BCUT2D eigenvalue weighted by atomic mass is 79.9. The van der Waals surface area contributed by atoms with Crippen LogP contribution in [0.15, 0.2) is 37.8 Å². The average Bonchev–Trinajstić information content (AvgIpc) is 2.57. The van der Waals surface area contributed by atoms with Crippen molar-refractivity contribution in [3.8, 4) is 0 Å². The number of halogens is 4. The van der Waals surface area contributed by atoms with E-state index in [1.807, 2.05) is 0 Å². The second kappa shape index (κ2) is 5.18. The Labute approximate surface area is 113 Å². The van der Waals surface area contributed by atoms with Gasteiger partial charge in [0, 0.05) is 6.07 Å². The van der Waals surface area contributed by atoms with Crippen LogP contribution in [0.4, 0.5) is 14.5 Å². The Kier molecular flexibility index (Phi) is 3.83. The molecule has 0 atom stereocenters. The predicted octanol–water partition coefficient (Wildman–Crippen LogP) is 4.69. The molecule has 0 spiro atoms. The molecule has 0 saturated heterocycles. The largest absolute Gasteiger partial charge is 0.451 e. The third-order valence-corrected chi connectivity index (χ3v) is 3.79. The van der Waals surface area contributed by atoms with E-state index in [0.29, 0.717) is 17.0 Å². The van der Waals surface area contributed by atoms with E-state index in [0.717, 1.165) is 10.5 Å². The molecule has 1 heterocycles. The van der Waals surface area contributed by atoms with Crippen molar-refractivity contribution in [3.05, 3.63) is 50.8 Å². The normalized spacial score (nSPS) is 10.6. The smallest absolute Gasteiger partial charge is 0.183 e. The molecular formula is C11H7Br2F2NO. The highest BCUT2D eigenvalue weighted by Gasteiger charge is 2.07. The van der Waals surface area contributed by atoms with Crippen LogP contribution in [0.1, 0.15) is 5.76 Å². The molecule has 2 aromatic rings. The van der Waals surface area contributed by atoms with Crippen molar-refractivity contribution in [2.45, 2.75) is 6.54 Å². The zero-order valence-corrected chi connectivity index (χ0v) is 11.6. The minimum Gasteiger partial charge on any atom is -0.451 e. The summed E-state index contributed by atoms with van der Waals surface area (Å²) in [5.74, 6) is -0.598. The molecule has 6 heteroatoms. The highest BCUT2D eigenvalue weighted by Crippen LogP contribution is 2.27. The monoisotopic (exact) mass is 365 g/mol. The number of benzene rings is 1. The summed E-state index contributed by atoms with van der Waals surface area (Å²) in [5, 5.41) is 2.82. The molecule has 1 aromatic carbocycles. The minimum absolute atomic E-state index is 0.232. The van der Waals surface area contributed by atoms with Gasteiger partial charge < -0.3 is 9.73 Å². The van der Waals surface area contributed by atoms with E-state index >= 15 is 0 Å². The summed E-state index contributed by atoms with van der Waals surface area (Å²) in [7, 11) is 0. The van der Waals surface area contributed by atoms with Gasteiger partial charge in [-0.05, 0) is 50.1 Å². The number of hydrogen-bond acceptors (Lipinski definition) is 2. The third kappa shape index (κ3) is 3.07. The van der Waals surface area contributed by atoms with Crippen molar-refractivity contribution < 1.29 is 13.2 Å². The Bertz CT molecular complexity index is 523. The summed E-state index contributed by atoms with van der Waals surface area (Å²) in [6, 6.07) is 5.13. The molecule has 0 aliphatic rings. The highest BCUT2D eigenvalue weighted by molar-refractivity contribution is 9.13. The van der Waals surface area contributed by atoms with Crippen LogP contribution >= 0.6 is 31.9 Å². The molecule has 2 nitrogen and oxygen atoms in total. The Hall–Kier alpha value is -0.880. The Morgan fingerprint density at radius 3 is 2.53 bits per heavy atom.